The van der Waals surface area contributed by atoms with Crippen LogP contribution < -0.4 is 9.47 Å². The van der Waals surface area contributed by atoms with E-state index in [0.717, 1.165) is 29.7 Å². The van der Waals surface area contributed by atoms with Gasteiger partial charge in [0.15, 0.2) is 11.5 Å². The molecule has 4 heteroatoms. The van der Waals surface area contributed by atoms with Crippen molar-refractivity contribution in [3.8, 4) is 11.5 Å². The minimum absolute atomic E-state index is 0.263. The second-order valence-corrected chi connectivity index (χ2v) is 5.64. The Hall–Kier alpha value is -2.49. The Kier molecular flexibility index (Phi) is 4.51. The first-order valence-corrected chi connectivity index (χ1v) is 7.66. The molecular formula is C19H20O4. The third kappa shape index (κ3) is 2.89. The maximum absolute atomic E-state index is 10.9. The van der Waals surface area contributed by atoms with E-state index in [4.69, 9.17) is 14.2 Å². The van der Waals surface area contributed by atoms with Crippen LogP contribution >= 0.6 is 0 Å². The van der Waals surface area contributed by atoms with Crippen molar-refractivity contribution < 1.29 is 19.0 Å². The zero-order valence-corrected chi connectivity index (χ0v) is 13.3. The van der Waals surface area contributed by atoms with Gasteiger partial charge < -0.3 is 14.2 Å². The Bertz CT molecular complexity index is 681. The second-order valence-electron chi connectivity index (χ2n) is 5.64. The van der Waals surface area contributed by atoms with Crippen LogP contribution in [0.4, 0.5) is 0 Å². The molecule has 120 valence electrons. The molecule has 0 aromatic heterocycles. The number of fused-ring (bicyclic) bond motifs is 1. The third-order valence-electron chi connectivity index (χ3n) is 4.47. The van der Waals surface area contributed by atoms with E-state index in [0.29, 0.717) is 12.2 Å². The van der Waals surface area contributed by atoms with Gasteiger partial charge in [-0.2, -0.15) is 0 Å². The standard InChI is InChI=1S/C19H20O4/c1-21-17-9-8-15-16(19(17)22-2)10-14(11-18(15)23-12-20)13-6-4-3-5-7-13/h3-9,12,14,18H,10-11H2,1-2H3. The highest BCUT2D eigenvalue weighted by molar-refractivity contribution is 5.54. The Morgan fingerprint density at radius 2 is 1.83 bits per heavy atom. The van der Waals surface area contributed by atoms with Crippen LogP contribution in [0.15, 0.2) is 42.5 Å². The van der Waals surface area contributed by atoms with Crippen molar-refractivity contribution in [1.29, 1.82) is 0 Å². The molecule has 0 spiro atoms. The average molecular weight is 312 g/mol. The van der Waals surface area contributed by atoms with Crippen molar-refractivity contribution >= 4 is 6.47 Å². The fourth-order valence-corrected chi connectivity index (χ4v) is 3.41. The monoisotopic (exact) mass is 312 g/mol. The number of benzene rings is 2. The molecule has 2 aromatic carbocycles. The lowest BCUT2D eigenvalue weighted by molar-refractivity contribution is -0.134. The summed E-state index contributed by atoms with van der Waals surface area (Å²) in [6.45, 7) is 0.526. The quantitative estimate of drug-likeness (QED) is 0.791. The van der Waals surface area contributed by atoms with Crippen molar-refractivity contribution in [3.05, 3.63) is 59.2 Å². The van der Waals surface area contributed by atoms with Crippen LogP contribution in [-0.4, -0.2) is 20.7 Å². The van der Waals surface area contributed by atoms with Crippen LogP contribution in [0, 0.1) is 0 Å². The number of methoxy groups -OCH3 is 2. The zero-order valence-electron chi connectivity index (χ0n) is 13.3. The van der Waals surface area contributed by atoms with E-state index in [1.54, 1.807) is 14.2 Å². The van der Waals surface area contributed by atoms with Gasteiger partial charge in [0.1, 0.15) is 6.10 Å². The third-order valence-corrected chi connectivity index (χ3v) is 4.47. The van der Waals surface area contributed by atoms with Gasteiger partial charge >= 0.3 is 0 Å². The molecule has 0 bridgehead atoms. The first-order chi connectivity index (χ1) is 11.3. The summed E-state index contributed by atoms with van der Waals surface area (Å²) in [7, 11) is 3.26. The maximum atomic E-state index is 10.9. The number of hydrogen-bond acceptors (Lipinski definition) is 4. The molecule has 2 unspecified atom stereocenters. The highest BCUT2D eigenvalue weighted by Crippen LogP contribution is 2.46. The van der Waals surface area contributed by atoms with E-state index in [9.17, 15) is 4.79 Å². The van der Waals surface area contributed by atoms with Crippen LogP contribution in [0.3, 0.4) is 0 Å². The van der Waals surface area contributed by atoms with Gasteiger partial charge in [0.2, 0.25) is 0 Å². The smallest absolute Gasteiger partial charge is 0.293 e. The maximum Gasteiger partial charge on any atom is 0.293 e. The number of ether oxygens (including phenoxy) is 3. The van der Waals surface area contributed by atoms with Crippen LogP contribution in [-0.2, 0) is 16.0 Å². The van der Waals surface area contributed by atoms with E-state index in [-0.39, 0.29) is 12.0 Å². The first-order valence-electron chi connectivity index (χ1n) is 7.66. The fraction of sp³-hybridized carbons (Fsp3) is 0.316. The summed E-state index contributed by atoms with van der Waals surface area (Å²) in [5, 5.41) is 0. The minimum Gasteiger partial charge on any atom is -0.493 e. The summed E-state index contributed by atoms with van der Waals surface area (Å²) in [4.78, 5) is 10.9. The highest BCUT2D eigenvalue weighted by atomic mass is 16.5. The summed E-state index contributed by atoms with van der Waals surface area (Å²) < 4.78 is 16.3. The summed E-state index contributed by atoms with van der Waals surface area (Å²) >= 11 is 0. The molecule has 0 amide bonds. The number of carbonyl (C=O) groups is 1. The normalized spacial score (nSPS) is 19.6. The lowest BCUT2D eigenvalue weighted by Gasteiger charge is -2.32. The lowest BCUT2D eigenvalue weighted by atomic mass is 9.78. The van der Waals surface area contributed by atoms with E-state index in [1.807, 2.05) is 30.3 Å². The molecule has 0 fully saturated rings. The summed E-state index contributed by atoms with van der Waals surface area (Å²) in [6.07, 6.45) is 1.34. The Morgan fingerprint density at radius 1 is 1.04 bits per heavy atom. The van der Waals surface area contributed by atoms with Gasteiger partial charge in [0.05, 0.1) is 14.2 Å². The van der Waals surface area contributed by atoms with Gasteiger partial charge in [-0.05, 0) is 36.0 Å². The van der Waals surface area contributed by atoms with Crippen molar-refractivity contribution in [2.75, 3.05) is 14.2 Å². The fourth-order valence-electron chi connectivity index (χ4n) is 3.41. The lowest BCUT2D eigenvalue weighted by Crippen LogP contribution is -2.20. The molecule has 0 saturated carbocycles. The van der Waals surface area contributed by atoms with Gasteiger partial charge in [0.25, 0.3) is 6.47 Å². The molecule has 23 heavy (non-hydrogen) atoms. The molecule has 2 atom stereocenters. The molecule has 3 rings (SSSR count). The van der Waals surface area contributed by atoms with Gasteiger partial charge in [-0.3, -0.25) is 4.79 Å². The van der Waals surface area contributed by atoms with E-state index < -0.39 is 0 Å². The Labute approximate surface area is 136 Å². The van der Waals surface area contributed by atoms with E-state index in [1.165, 1.54) is 5.56 Å². The molecule has 0 N–H and O–H groups in total. The van der Waals surface area contributed by atoms with Crippen LogP contribution in [0.2, 0.25) is 0 Å². The van der Waals surface area contributed by atoms with Crippen LogP contribution in [0.1, 0.15) is 35.1 Å². The predicted molar refractivity (Wildman–Crippen MR) is 86.9 cm³/mol. The van der Waals surface area contributed by atoms with Gasteiger partial charge in [-0.25, -0.2) is 0 Å². The van der Waals surface area contributed by atoms with Gasteiger partial charge in [0, 0.05) is 5.56 Å². The largest absolute Gasteiger partial charge is 0.493 e. The first kappa shape index (κ1) is 15.4. The molecule has 0 saturated heterocycles. The molecule has 2 aromatic rings. The minimum atomic E-state index is -0.263. The Morgan fingerprint density at radius 3 is 2.48 bits per heavy atom. The van der Waals surface area contributed by atoms with Crippen LogP contribution in [0.25, 0.3) is 0 Å². The van der Waals surface area contributed by atoms with Crippen LogP contribution in [0.5, 0.6) is 11.5 Å². The molecule has 1 aliphatic rings. The molecule has 1 aliphatic carbocycles. The van der Waals surface area contributed by atoms with E-state index >= 15 is 0 Å². The Balaban J connectivity index is 2.06. The van der Waals surface area contributed by atoms with Crippen molar-refractivity contribution in [1.82, 2.24) is 0 Å². The predicted octanol–water partition coefficient (Wildman–Crippen LogP) is 3.65. The molecule has 0 heterocycles. The topological polar surface area (TPSA) is 44.8 Å². The zero-order chi connectivity index (χ0) is 16.2. The number of rotatable bonds is 5. The average Bonchev–Trinajstić information content (AvgIpc) is 2.61. The second kappa shape index (κ2) is 6.73. The number of carbonyl (C=O) groups excluding carboxylic acids is 1. The van der Waals surface area contributed by atoms with E-state index in [2.05, 4.69) is 12.1 Å². The van der Waals surface area contributed by atoms with Crippen molar-refractivity contribution in [3.63, 3.8) is 0 Å². The van der Waals surface area contributed by atoms with Gasteiger partial charge in [-0.15, -0.1) is 0 Å². The molecular weight excluding hydrogens is 292 g/mol. The summed E-state index contributed by atoms with van der Waals surface area (Å²) in [5.41, 5.74) is 3.29. The van der Waals surface area contributed by atoms with Crippen molar-refractivity contribution in [2.24, 2.45) is 0 Å². The SMILES string of the molecule is COc1ccc2c(c1OC)CC(c1ccccc1)CC2OC=O. The highest BCUT2D eigenvalue weighted by Gasteiger charge is 2.32. The summed E-state index contributed by atoms with van der Waals surface area (Å²) in [6, 6.07) is 14.1. The molecule has 0 aliphatic heterocycles. The summed E-state index contributed by atoms with van der Waals surface area (Å²) in [5.74, 6) is 1.70. The molecule has 0 radical (unpaired) electrons. The van der Waals surface area contributed by atoms with Gasteiger partial charge in [-0.1, -0.05) is 36.4 Å². The molecule has 4 nitrogen and oxygen atoms in total. The number of hydrogen-bond donors (Lipinski definition) is 0. The van der Waals surface area contributed by atoms with Crippen molar-refractivity contribution in [2.45, 2.75) is 24.9 Å².